The number of para-hydroxylation sites is 1. The fourth-order valence-electron chi connectivity index (χ4n) is 4.57. The van der Waals surface area contributed by atoms with E-state index in [2.05, 4.69) is 22.0 Å². The maximum atomic E-state index is 13.8. The molecule has 0 atom stereocenters. The first-order valence-corrected chi connectivity index (χ1v) is 13.7. The Morgan fingerprint density at radius 2 is 1.47 bits per heavy atom. The molecule has 1 heterocycles. The molecule has 5 rings (SSSR count). The Morgan fingerprint density at radius 1 is 0.750 bits per heavy atom. The van der Waals surface area contributed by atoms with Crippen molar-refractivity contribution in [2.45, 2.75) is 32.1 Å². The molecule has 5 aromatic rings. The van der Waals surface area contributed by atoms with E-state index in [4.69, 9.17) is 9.15 Å². The molecule has 0 bridgehead atoms. The third-order valence-electron chi connectivity index (χ3n) is 6.50. The van der Waals surface area contributed by atoms with Crippen LogP contribution < -0.4 is 4.74 Å². The van der Waals surface area contributed by atoms with Gasteiger partial charge in [0, 0.05) is 21.8 Å². The number of ketones is 1. The Balaban J connectivity index is 1.39. The second kappa shape index (κ2) is 11.6. The van der Waals surface area contributed by atoms with Crippen molar-refractivity contribution in [3.63, 3.8) is 0 Å². The molecule has 0 aliphatic heterocycles. The van der Waals surface area contributed by atoms with E-state index in [0.29, 0.717) is 29.1 Å². The smallest absolute Gasteiger partial charge is 0.197 e. The van der Waals surface area contributed by atoms with Crippen LogP contribution >= 0.6 is 15.9 Å². The number of carbonyl (C=O) groups excluding carboxylic acids is 1. The van der Waals surface area contributed by atoms with Gasteiger partial charge in [0.15, 0.2) is 5.78 Å². The van der Waals surface area contributed by atoms with Gasteiger partial charge in [0.2, 0.25) is 0 Å². The van der Waals surface area contributed by atoms with Gasteiger partial charge in [-0.1, -0.05) is 89.8 Å². The molecule has 3 nitrogen and oxygen atoms in total. The first-order valence-electron chi connectivity index (χ1n) is 12.6. The van der Waals surface area contributed by atoms with Gasteiger partial charge in [0.1, 0.15) is 17.1 Å². The average Bonchev–Trinajstić information content (AvgIpc) is 3.32. The standard InChI is InChI=1S/C32H29BrO3/c33-20-8-2-1-3-9-21-35-27-18-16-24(17-19-27)32-30(28-12-6-7-13-29(28)36-32)31(34)26-15-14-23-10-4-5-11-25(23)22-26/h4-7,10-19,22H,1-3,8-9,20-21H2. The lowest BCUT2D eigenvalue weighted by molar-refractivity contribution is 0.104. The quantitative estimate of drug-likeness (QED) is 0.0951. The molecule has 4 heteroatoms. The zero-order chi connectivity index (χ0) is 24.7. The molecule has 0 unspecified atom stereocenters. The summed E-state index contributed by atoms with van der Waals surface area (Å²) in [6.45, 7) is 0.712. The molecule has 182 valence electrons. The minimum atomic E-state index is -0.0408. The van der Waals surface area contributed by atoms with Crippen LogP contribution in [0.1, 0.15) is 48.0 Å². The lowest BCUT2D eigenvalue weighted by Gasteiger charge is -2.08. The first kappa shape index (κ1) is 24.3. The van der Waals surface area contributed by atoms with Crippen molar-refractivity contribution in [2.24, 2.45) is 0 Å². The highest BCUT2D eigenvalue weighted by atomic mass is 79.9. The molecule has 0 saturated heterocycles. The maximum Gasteiger partial charge on any atom is 0.197 e. The van der Waals surface area contributed by atoms with Gasteiger partial charge in [0.05, 0.1) is 12.2 Å². The van der Waals surface area contributed by atoms with E-state index in [1.807, 2.05) is 84.9 Å². The predicted octanol–water partition coefficient (Wildman–Crippen LogP) is 9.21. The minimum absolute atomic E-state index is 0.0408. The lowest BCUT2D eigenvalue weighted by Crippen LogP contribution is -2.02. The van der Waals surface area contributed by atoms with Crippen LogP contribution in [-0.4, -0.2) is 17.7 Å². The molecule has 0 amide bonds. The highest BCUT2D eigenvalue weighted by Gasteiger charge is 2.23. The van der Waals surface area contributed by atoms with E-state index in [1.165, 1.54) is 25.7 Å². The summed E-state index contributed by atoms with van der Waals surface area (Å²) in [5, 5.41) is 4.06. The molecule has 0 radical (unpaired) electrons. The number of benzene rings is 4. The molecule has 1 aromatic heterocycles. The van der Waals surface area contributed by atoms with Crippen LogP contribution in [0, 0.1) is 0 Å². The summed E-state index contributed by atoms with van der Waals surface area (Å²) in [7, 11) is 0. The third kappa shape index (κ3) is 5.39. The van der Waals surface area contributed by atoms with Crippen LogP contribution in [0.25, 0.3) is 33.1 Å². The van der Waals surface area contributed by atoms with Crippen LogP contribution in [0.2, 0.25) is 0 Å². The zero-order valence-electron chi connectivity index (χ0n) is 20.2. The molecule has 0 fully saturated rings. The number of furan rings is 1. The Morgan fingerprint density at radius 3 is 2.31 bits per heavy atom. The van der Waals surface area contributed by atoms with Gasteiger partial charge in [0.25, 0.3) is 0 Å². The van der Waals surface area contributed by atoms with Crippen molar-refractivity contribution in [3.05, 3.63) is 102 Å². The maximum absolute atomic E-state index is 13.8. The van der Waals surface area contributed by atoms with Crippen LogP contribution in [0.15, 0.2) is 95.4 Å². The Labute approximate surface area is 220 Å². The average molecular weight is 541 g/mol. The van der Waals surface area contributed by atoms with Crippen LogP contribution in [0.3, 0.4) is 0 Å². The van der Waals surface area contributed by atoms with Gasteiger partial charge in [-0.2, -0.15) is 0 Å². The van der Waals surface area contributed by atoms with Crippen molar-refractivity contribution in [1.29, 1.82) is 0 Å². The highest BCUT2D eigenvalue weighted by Crippen LogP contribution is 2.36. The Kier molecular flexibility index (Phi) is 7.82. The largest absolute Gasteiger partial charge is 0.494 e. The zero-order valence-corrected chi connectivity index (χ0v) is 21.8. The van der Waals surface area contributed by atoms with Gasteiger partial charge >= 0.3 is 0 Å². The van der Waals surface area contributed by atoms with Crippen LogP contribution in [0.5, 0.6) is 5.75 Å². The molecule has 0 saturated carbocycles. The van der Waals surface area contributed by atoms with Crippen molar-refractivity contribution in [1.82, 2.24) is 0 Å². The highest BCUT2D eigenvalue weighted by molar-refractivity contribution is 9.09. The molecule has 36 heavy (non-hydrogen) atoms. The molecule has 0 aliphatic carbocycles. The molecule has 0 spiro atoms. The van der Waals surface area contributed by atoms with Gasteiger partial charge < -0.3 is 9.15 Å². The Bertz CT molecular complexity index is 1470. The topological polar surface area (TPSA) is 39.4 Å². The predicted molar refractivity (Wildman–Crippen MR) is 151 cm³/mol. The number of ether oxygens (including phenoxy) is 1. The molecule has 0 aliphatic rings. The fourth-order valence-corrected chi connectivity index (χ4v) is 4.97. The SMILES string of the molecule is O=C(c1ccc2ccccc2c1)c1c(-c2ccc(OCCCCCCCBr)cc2)oc2ccccc12. The minimum Gasteiger partial charge on any atom is -0.494 e. The van der Waals surface area contributed by atoms with E-state index in [9.17, 15) is 4.79 Å². The number of hydrogen-bond acceptors (Lipinski definition) is 3. The summed E-state index contributed by atoms with van der Waals surface area (Å²) < 4.78 is 12.2. The van der Waals surface area contributed by atoms with Crippen molar-refractivity contribution >= 4 is 43.5 Å². The number of carbonyl (C=O) groups is 1. The van der Waals surface area contributed by atoms with Crippen LogP contribution in [-0.2, 0) is 0 Å². The van der Waals surface area contributed by atoms with E-state index in [1.54, 1.807) is 0 Å². The summed E-state index contributed by atoms with van der Waals surface area (Å²) in [5.74, 6) is 1.38. The third-order valence-corrected chi connectivity index (χ3v) is 7.06. The first-order chi connectivity index (χ1) is 17.7. The number of alkyl halides is 1. The van der Waals surface area contributed by atoms with Crippen molar-refractivity contribution < 1.29 is 13.9 Å². The van der Waals surface area contributed by atoms with Gasteiger partial charge in [-0.3, -0.25) is 4.79 Å². The number of rotatable bonds is 11. The van der Waals surface area contributed by atoms with E-state index >= 15 is 0 Å². The summed E-state index contributed by atoms with van der Waals surface area (Å²) in [5.41, 5.74) is 2.81. The summed E-state index contributed by atoms with van der Waals surface area (Å²) in [6, 6.07) is 29.5. The molecular weight excluding hydrogens is 512 g/mol. The molecular formula is C32H29BrO3. The van der Waals surface area contributed by atoms with Crippen molar-refractivity contribution in [2.75, 3.05) is 11.9 Å². The van der Waals surface area contributed by atoms with Gasteiger partial charge in [-0.15, -0.1) is 0 Å². The summed E-state index contributed by atoms with van der Waals surface area (Å²) >= 11 is 3.48. The fraction of sp³-hybridized carbons (Fsp3) is 0.219. The number of halogens is 1. The lowest BCUT2D eigenvalue weighted by atomic mass is 9.96. The second-order valence-electron chi connectivity index (χ2n) is 9.02. The van der Waals surface area contributed by atoms with E-state index in [-0.39, 0.29) is 5.78 Å². The van der Waals surface area contributed by atoms with Gasteiger partial charge in [-0.05, 0) is 60.0 Å². The monoisotopic (exact) mass is 540 g/mol. The molecule has 4 aromatic carbocycles. The number of unbranched alkanes of at least 4 members (excludes halogenated alkanes) is 4. The summed E-state index contributed by atoms with van der Waals surface area (Å²) in [4.78, 5) is 13.8. The van der Waals surface area contributed by atoms with Crippen LogP contribution in [0.4, 0.5) is 0 Å². The summed E-state index contributed by atoms with van der Waals surface area (Å²) in [6.07, 6.45) is 5.98. The number of fused-ring (bicyclic) bond motifs is 2. The normalized spacial score (nSPS) is 11.2. The van der Waals surface area contributed by atoms with Gasteiger partial charge in [-0.25, -0.2) is 0 Å². The second-order valence-corrected chi connectivity index (χ2v) is 9.82. The molecule has 0 N–H and O–H groups in total. The van der Waals surface area contributed by atoms with E-state index in [0.717, 1.165) is 39.2 Å². The van der Waals surface area contributed by atoms with Crippen molar-refractivity contribution in [3.8, 4) is 17.1 Å². The Hall–Kier alpha value is -3.37. The van der Waals surface area contributed by atoms with E-state index < -0.39 is 0 Å². The number of hydrogen-bond donors (Lipinski definition) is 0.